The molecule has 0 saturated carbocycles. The van der Waals surface area contributed by atoms with Crippen LogP contribution in [0, 0.1) is 0 Å². The van der Waals surface area contributed by atoms with E-state index in [4.69, 9.17) is 4.74 Å². The van der Waals surface area contributed by atoms with E-state index in [1.54, 1.807) is 18.6 Å². The third-order valence-corrected chi connectivity index (χ3v) is 2.82. The molecule has 0 spiro atoms. The maximum absolute atomic E-state index is 5.73. The van der Waals surface area contributed by atoms with Gasteiger partial charge in [0.05, 0.1) is 17.4 Å². The molecule has 2 heterocycles. The quantitative estimate of drug-likeness (QED) is 0.786. The SMILES string of the molecule is CNCc1cncc(Oc2ccc3cccnc3c2)n1. The van der Waals surface area contributed by atoms with E-state index in [9.17, 15) is 0 Å². The van der Waals surface area contributed by atoms with E-state index in [0.29, 0.717) is 18.2 Å². The van der Waals surface area contributed by atoms with Gasteiger partial charge in [-0.25, -0.2) is 4.98 Å². The minimum atomic E-state index is 0.480. The average molecular weight is 266 g/mol. The van der Waals surface area contributed by atoms with Crippen LogP contribution in [0.2, 0.25) is 0 Å². The van der Waals surface area contributed by atoms with Gasteiger partial charge < -0.3 is 10.1 Å². The molecule has 0 aliphatic carbocycles. The van der Waals surface area contributed by atoms with Gasteiger partial charge in [-0.15, -0.1) is 0 Å². The number of hydrogen-bond acceptors (Lipinski definition) is 5. The smallest absolute Gasteiger partial charge is 0.238 e. The zero-order valence-corrected chi connectivity index (χ0v) is 11.1. The first-order valence-electron chi connectivity index (χ1n) is 6.33. The van der Waals surface area contributed by atoms with Crippen molar-refractivity contribution in [2.45, 2.75) is 6.54 Å². The number of fused-ring (bicyclic) bond motifs is 1. The lowest BCUT2D eigenvalue weighted by Gasteiger charge is -2.06. The molecule has 0 amide bonds. The normalized spacial score (nSPS) is 10.7. The fourth-order valence-electron chi connectivity index (χ4n) is 1.93. The van der Waals surface area contributed by atoms with Gasteiger partial charge in [-0.2, -0.15) is 0 Å². The van der Waals surface area contributed by atoms with Gasteiger partial charge in [-0.3, -0.25) is 9.97 Å². The molecule has 3 rings (SSSR count). The van der Waals surface area contributed by atoms with Crippen molar-refractivity contribution in [2.24, 2.45) is 0 Å². The summed E-state index contributed by atoms with van der Waals surface area (Å²) < 4.78 is 5.73. The number of nitrogens with zero attached hydrogens (tertiary/aromatic N) is 3. The van der Waals surface area contributed by atoms with Gasteiger partial charge in [0.25, 0.3) is 0 Å². The van der Waals surface area contributed by atoms with Crippen LogP contribution in [0.25, 0.3) is 10.9 Å². The van der Waals surface area contributed by atoms with Crippen LogP contribution in [-0.2, 0) is 6.54 Å². The Labute approximate surface area is 116 Å². The van der Waals surface area contributed by atoms with Gasteiger partial charge in [0.2, 0.25) is 5.88 Å². The molecule has 0 bridgehead atoms. The number of rotatable bonds is 4. The van der Waals surface area contributed by atoms with Crippen molar-refractivity contribution in [1.29, 1.82) is 0 Å². The lowest BCUT2D eigenvalue weighted by Crippen LogP contribution is -2.07. The molecule has 1 N–H and O–H groups in total. The summed E-state index contributed by atoms with van der Waals surface area (Å²) in [4.78, 5) is 12.8. The van der Waals surface area contributed by atoms with Gasteiger partial charge in [0.15, 0.2) is 0 Å². The molecule has 5 heteroatoms. The molecule has 100 valence electrons. The molecule has 2 aromatic heterocycles. The van der Waals surface area contributed by atoms with Crippen molar-refractivity contribution in [3.05, 3.63) is 54.6 Å². The maximum atomic E-state index is 5.73. The van der Waals surface area contributed by atoms with Crippen LogP contribution >= 0.6 is 0 Å². The Hall–Kier alpha value is -2.53. The Morgan fingerprint density at radius 3 is 3.05 bits per heavy atom. The zero-order valence-electron chi connectivity index (χ0n) is 11.1. The summed E-state index contributed by atoms with van der Waals surface area (Å²) in [5.41, 5.74) is 1.73. The Balaban J connectivity index is 1.87. The van der Waals surface area contributed by atoms with Gasteiger partial charge in [-0.1, -0.05) is 6.07 Å². The van der Waals surface area contributed by atoms with Crippen LogP contribution in [0.1, 0.15) is 5.69 Å². The molecule has 0 unspecified atom stereocenters. The van der Waals surface area contributed by atoms with Crippen molar-refractivity contribution in [3.63, 3.8) is 0 Å². The highest BCUT2D eigenvalue weighted by atomic mass is 16.5. The van der Waals surface area contributed by atoms with Crippen LogP contribution in [-0.4, -0.2) is 22.0 Å². The summed E-state index contributed by atoms with van der Waals surface area (Å²) in [5, 5.41) is 4.11. The number of pyridine rings is 1. The number of nitrogens with one attached hydrogen (secondary N) is 1. The molecule has 3 aromatic rings. The lowest BCUT2D eigenvalue weighted by molar-refractivity contribution is 0.457. The molecule has 0 saturated heterocycles. The first-order valence-corrected chi connectivity index (χ1v) is 6.33. The third-order valence-electron chi connectivity index (χ3n) is 2.82. The minimum absolute atomic E-state index is 0.480. The summed E-state index contributed by atoms with van der Waals surface area (Å²) in [6, 6.07) is 9.69. The molecule has 0 aliphatic heterocycles. The first-order chi connectivity index (χ1) is 9.85. The lowest BCUT2D eigenvalue weighted by atomic mass is 10.2. The van der Waals surface area contributed by atoms with E-state index in [1.807, 2.05) is 37.4 Å². The van der Waals surface area contributed by atoms with Crippen LogP contribution in [0.4, 0.5) is 0 Å². The Morgan fingerprint density at radius 1 is 1.20 bits per heavy atom. The van der Waals surface area contributed by atoms with Gasteiger partial charge in [-0.05, 0) is 25.2 Å². The first kappa shape index (κ1) is 12.5. The number of ether oxygens (including phenoxy) is 1. The van der Waals surface area contributed by atoms with Crippen molar-refractivity contribution < 1.29 is 4.74 Å². The van der Waals surface area contributed by atoms with Crippen molar-refractivity contribution in [1.82, 2.24) is 20.3 Å². The summed E-state index contributed by atoms with van der Waals surface area (Å²) >= 11 is 0. The highest BCUT2D eigenvalue weighted by Crippen LogP contribution is 2.23. The molecular formula is C15H14N4O. The maximum Gasteiger partial charge on any atom is 0.238 e. The molecule has 0 fully saturated rings. The minimum Gasteiger partial charge on any atom is -0.437 e. The predicted octanol–water partition coefficient (Wildman–Crippen LogP) is 2.54. The molecule has 0 atom stereocenters. The van der Waals surface area contributed by atoms with E-state index < -0.39 is 0 Å². The number of benzene rings is 1. The predicted molar refractivity (Wildman–Crippen MR) is 76.6 cm³/mol. The number of aromatic nitrogens is 3. The molecule has 1 aromatic carbocycles. The highest BCUT2D eigenvalue weighted by Gasteiger charge is 2.03. The van der Waals surface area contributed by atoms with Crippen LogP contribution < -0.4 is 10.1 Å². The van der Waals surface area contributed by atoms with Crippen LogP contribution in [0.3, 0.4) is 0 Å². The standard InChI is InChI=1S/C15H14N4O/c1-16-8-12-9-17-10-15(19-12)20-13-5-4-11-3-2-6-18-14(11)7-13/h2-7,9-10,16H,8H2,1H3. The summed E-state index contributed by atoms with van der Waals surface area (Å²) in [6.07, 6.45) is 5.08. The van der Waals surface area contributed by atoms with E-state index in [1.165, 1.54) is 0 Å². The topological polar surface area (TPSA) is 59.9 Å². The van der Waals surface area contributed by atoms with Crippen molar-refractivity contribution in [3.8, 4) is 11.6 Å². The van der Waals surface area contributed by atoms with Gasteiger partial charge in [0, 0.05) is 30.4 Å². The summed E-state index contributed by atoms with van der Waals surface area (Å²) in [5.74, 6) is 1.18. The zero-order chi connectivity index (χ0) is 13.8. The Bertz CT molecular complexity index is 730. The van der Waals surface area contributed by atoms with Gasteiger partial charge >= 0.3 is 0 Å². The van der Waals surface area contributed by atoms with Crippen molar-refractivity contribution >= 4 is 10.9 Å². The van der Waals surface area contributed by atoms with E-state index in [0.717, 1.165) is 16.6 Å². The van der Waals surface area contributed by atoms with E-state index >= 15 is 0 Å². The fraction of sp³-hybridized carbons (Fsp3) is 0.133. The van der Waals surface area contributed by atoms with Crippen LogP contribution in [0.5, 0.6) is 11.6 Å². The summed E-state index contributed by atoms with van der Waals surface area (Å²) in [6.45, 7) is 0.656. The molecule has 5 nitrogen and oxygen atoms in total. The highest BCUT2D eigenvalue weighted by molar-refractivity contribution is 5.79. The van der Waals surface area contributed by atoms with Gasteiger partial charge in [0.1, 0.15) is 5.75 Å². The largest absolute Gasteiger partial charge is 0.437 e. The fourth-order valence-corrected chi connectivity index (χ4v) is 1.93. The van der Waals surface area contributed by atoms with E-state index in [-0.39, 0.29) is 0 Å². The molecule has 0 aliphatic rings. The number of hydrogen-bond donors (Lipinski definition) is 1. The average Bonchev–Trinajstić information content (AvgIpc) is 2.48. The summed E-state index contributed by atoms with van der Waals surface area (Å²) in [7, 11) is 1.87. The second kappa shape index (κ2) is 5.63. The van der Waals surface area contributed by atoms with Crippen molar-refractivity contribution in [2.75, 3.05) is 7.05 Å². The Kier molecular flexibility index (Phi) is 3.52. The molecule has 20 heavy (non-hydrogen) atoms. The second-order valence-electron chi connectivity index (χ2n) is 4.34. The second-order valence-corrected chi connectivity index (χ2v) is 4.34. The molecular weight excluding hydrogens is 252 g/mol. The molecule has 0 radical (unpaired) electrons. The van der Waals surface area contributed by atoms with Crippen LogP contribution in [0.15, 0.2) is 48.9 Å². The van der Waals surface area contributed by atoms with E-state index in [2.05, 4.69) is 20.3 Å². The monoisotopic (exact) mass is 266 g/mol. The Morgan fingerprint density at radius 2 is 2.15 bits per heavy atom. The third kappa shape index (κ3) is 2.73.